The molecule has 0 aliphatic heterocycles. The van der Waals surface area contributed by atoms with Crippen LogP contribution in [0.25, 0.3) is 11.2 Å². The molecule has 0 amide bonds. The number of benzene rings is 2. The monoisotopic (exact) mass is 520 g/mol. The number of imidazole rings is 1. The maximum Gasteiger partial charge on any atom is 0.416 e. The van der Waals surface area contributed by atoms with Crippen LogP contribution in [0.5, 0.6) is 5.75 Å². The summed E-state index contributed by atoms with van der Waals surface area (Å²) < 4.78 is 48.1. The van der Waals surface area contributed by atoms with Crippen molar-refractivity contribution in [1.29, 1.82) is 0 Å². The van der Waals surface area contributed by atoms with E-state index >= 15 is 0 Å². The van der Waals surface area contributed by atoms with Gasteiger partial charge in [0.05, 0.1) is 18.7 Å². The van der Waals surface area contributed by atoms with E-state index < -0.39 is 23.0 Å². The smallest absolute Gasteiger partial charge is 0.416 e. The Morgan fingerprint density at radius 3 is 2.28 bits per heavy atom. The van der Waals surface area contributed by atoms with Crippen LogP contribution in [0.1, 0.15) is 30.3 Å². The lowest BCUT2D eigenvalue weighted by molar-refractivity contribution is -0.137. The zero-order valence-electron chi connectivity index (χ0n) is 19.7. The van der Waals surface area contributed by atoms with Crippen molar-refractivity contribution in [2.45, 2.75) is 39.0 Å². The highest BCUT2D eigenvalue weighted by Gasteiger charge is 2.30. The number of alkyl halides is 3. The number of hydrogen-bond acceptors (Lipinski definition) is 4. The van der Waals surface area contributed by atoms with Crippen molar-refractivity contribution in [2.24, 2.45) is 7.05 Å². The third-order valence-corrected chi connectivity index (χ3v) is 6.13. The predicted molar refractivity (Wildman–Crippen MR) is 131 cm³/mol. The molecule has 0 atom stereocenters. The standard InChI is InChI=1S/C25H24ClF3N4O3/c1-3-20-30-22-21(31(20)2)23(34)33(15-16-5-9-18(26)10-6-16)24(35)32(22)13-4-14-36-19-11-7-17(8-12-19)25(27,28)29/h5-12H,3-4,13-15H2,1-2H3. The molecule has 4 rings (SSSR count). The number of hydrogen-bond donors (Lipinski definition) is 0. The molecule has 0 unspecified atom stereocenters. The lowest BCUT2D eigenvalue weighted by Gasteiger charge is -2.13. The number of ether oxygens (including phenoxy) is 1. The molecule has 7 nitrogen and oxygen atoms in total. The molecule has 0 bridgehead atoms. The van der Waals surface area contributed by atoms with Crippen LogP contribution in [0.15, 0.2) is 58.1 Å². The Morgan fingerprint density at radius 2 is 1.67 bits per heavy atom. The lowest BCUT2D eigenvalue weighted by Crippen LogP contribution is -2.41. The summed E-state index contributed by atoms with van der Waals surface area (Å²) in [5, 5.41) is 0.547. The third kappa shape index (κ3) is 5.18. The molecule has 0 aliphatic rings. The summed E-state index contributed by atoms with van der Waals surface area (Å²) in [5.41, 5.74) is -0.327. The van der Waals surface area contributed by atoms with Crippen LogP contribution in [-0.2, 0) is 32.7 Å². The minimum absolute atomic E-state index is 0.0689. The highest BCUT2D eigenvalue weighted by Crippen LogP contribution is 2.30. The molecule has 2 aromatic heterocycles. The second-order valence-electron chi connectivity index (χ2n) is 8.29. The van der Waals surface area contributed by atoms with Crippen molar-refractivity contribution in [1.82, 2.24) is 18.7 Å². The van der Waals surface area contributed by atoms with Gasteiger partial charge in [0.1, 0.15) is 11.6 Å². The largest absolute Gasteiger partial charge is 0.494 e. The number of nitrogens with zero attached hydrogens (tertiary/aromatic N) is 4. The topological polar surface area (TPSA) is 71.1 Å². The fraction of sp³-hybridized carbons (Fsp3) is 0.320. The Morgan fingerprint density at radius 1 is 1.00 bits per heavy atom. The van der Waals surface area contributed by atoms with Gasteiger partial charge in [-0.3, -0.25) is 13.9 Å². The molecule has 36 heavy (non-hydrogen) atoms. The molecule has 0 fully saturated rings. The van der Waals surface area contributed by atoms with E-state index in [4.69, 9.17) is 16.3 Å². The van der Waals surface area contributed by atoms with E-state index in [9.17, 15) is 22.8 Å². The Bertz CT molecular complexity index is 1490. The Balaban J connectivity index is 1.60. The first-order valence-corrected chi connectivity index (χ1v) is 11.7. The van der Waals surface area contributed by atoms with Crippen molar-refractivity contribution in [3.8, 4) is 5.75 Å². The summed E-state index contributed by atoms with van der Waals surface area (Å²) in [4.78, 5) is 31.2. The highest BCUT2D eigenvalue weighted by molar-refractivity contribution is 6.30. The summed E-state index contributed by atoms with van der Waals surface area (Å²) in [7, 11) is 1.74. The molecule has 0 saturated carbocycles. The van der Waals surface area contributed by atoms with Gasteiger partial charge in [-0.15, -0.1) is 0 Å². The van der Waals surface area contributed by atoms with E-state index in [0.29, 0.717) is 40.6 Å². The zero-order valence-corrected chi connectivity index (χ0v) is 20.4. The van der Waals surface area contributed by atoms with Gasteiger partial charge >= 0.3 is 11.9 Å². The number of aromatic nitrogens is 4. The molecule has 0 spiro atoms. The molecule has 190 valence electrons. The van der Waals surface area contributed by atoms with Crippen LogP contribution in [0, 0.1) is 0 Å². The van der Waals surface area contributed by atoms with E-state index in [-0.39, 0.29) is 19.7 Å². The molecule has 2 heterocycles. The second-order valence-corrected chi connectivity index (χ2v) is 8.73. The first kappa shape index (κ1) is 25.6. The first-order chi connectivity index (χ1) is 17.1. The molecule has 2 aromatic carbocycles. The maximum absolute atomic E-state index is 13.4. The van der Waals surface area contributed by atoms with Crippen LogP contribution in [0.4, 0.5) is 13.2 Å². The molecule has 0 aliphatic carbocycles. The average molecular weight is 521 g/mol. The summed E-state index contributed by atoms with van der Waals surface area (Å²) in [6.07, 6.45) is -3.47. The number of aryl methyl sites for hydroxylation is 3. The molecular weight excluding hydrogens is 497 g/mol. The summed E-state index contributed by atoms with van der Waals surface area (Å²) in [6.45, 7) is 2.34. The Hall–Kier alpha value is -3.53. The van der Waals surface area contributed by atoms with Gasteiger partial charge in [0.25, 0.3) is 5.56 Å². The average Bonchev–Trinajstić information content (AvgIpc) is 3.18. The second kappa shape index (κ2) is 10.2. The van der Waals surface area contributed by atoms with E-state index in [1.807, 2.05) is 6.92 Å². The van der Waals surface area contributed by atoms with Crippen LogP contribution >= 0.6 is 11.6 Å². The zero-order chi connectivity index (χ0) is 26.0. The van der Waals surface area contributed by atoms with E-state index in [1.54, 1.807) is 35.9 Å². The Labute approximate surface area is 209 Å². The van der Waals surface area contributed by atoms with Gasteiger partial charge in [-0.25, -0.2) is 9.78 Å². The highest BCUT2D eigenvalue weighted by atomic mass is 35.5. The minimum atomic E-state index is -4.42. The number of halogens is 4. The first-order valence-electron chi connectivity index (χ1n) is 11.3. The van der Waals surface area contributed by atoms with Crippen molar-refractivity contribution in [3.63, 3.8) is 0 Å². The molecule has 4 aromatic rings. The van der Waals surface area contributed by atoms with Gasteiger partial charge < -0.3 is 9.30 Å². The van der Waals surface area contributed by atoms with Crippen LogP contribution < -0.4 is 16.0 Å². The van der Waals surface area contributed by atoms with Crippen LogP contribution in [0.3, 0.4) is 0 Å². The quantitative estimate of drug-likeness (QED) is 0.317. The predicted octanol–water partition coefficient (Wildman–Crippen LogP) is 4.65. The summed E-state index contributed by atoms with van der Waals surface area (Å²) in [6, 6.07) is 11.3. The maximum atomic E-state index is 13.4. The van der Waals surface area contributed by atoms with Gasteiger partial charge in [0, 0.05) is 25.0 Å². The fourth-order valence-corrected chi connectivity index (χ4v) is 4.12. The van der Waals surface area contributed by atoms with E-state index in [0.717, 1.165) is 17.7 Å². The van der Waals surface area contributed by atoms with Crippen molar-refractivity contribution in [2.75, 3.05) is 6.61 Å². The minimum Gasteiger partial charge on any atom is -0.494 e. The van der Waals surface area contributed by atoms with Gasteiger partial charge in [-0.05, 0) is 48.4 Å². The SMILES string of the molecule is CCc1nc2c(c(=O)n(Cc3ccc(Cl)cc3)c(=O)n2CCCOc2ccc(C(F)(F)F)cc2)n1C. The molecule has 0 saturated heterocycles. The summed E-state index contributed by atoms with van der Waals surface area (Å²) >= 11 is 5.96. The van der Waals surface area contributed by atoms with Crippen molar-refractivity contribution < 1.29 is 17.9 Å². The number of fused-ring (bicyclic) bond motifs is 1. The third-order valence-electron chi connectivity index (χ3n) is 5.88. The van der Waals surface area contributed by atoms with Gasteiger partial charge in [-0.2, -0.15) is 13.2 Å². The lowest BCUT2D eigenvalue weighted by atomic mass is 10.2. The van der Waals surface area contributed by atoms with E-state index in [2.05, 4.69) is 4.98 Å². The van der Waals surface area contributed by atoms with Gasteiger partial charge in [-0.1, -0.05) is 30.7 Å². The van der Waals surface area contributed by atoms with Gasteiger partial charge in [0.2, 0.25) is 0 Å². The van der Waals surface area contributed by atoms with Crippen molar-refractivity contribution in [3.05, 3.63) is 91.3 Å². The molecule has 0 radical (unpaired) electrons. The fourth-order valence-electron chi connectivity index (χ4n) is 3.99. The molecule has 0 N–H and O–H groups in total. The molecule has 11 heteroatoms. The van der Waals surface area contributed by atoms with Gasteiger partial charge in [0.15, 0.2) is 11.2 Å². The van der Waals surface area contributed by atoms with Crippen LogP contribution in [-0.4, -0.2) is 25.3 Å². The number of rotatable bonds is 8. The van der Waals surface area contributed by atoms with E-state index in [1.165, 1.54) is 21.3 Å². The van der Waals surface area contributed by atoms with Crippen LogP contribution in [0.2, 0.25) is 5.02 Å². The Kier molecular flexibility index (Phi) is 7.26. The normalized spacial score (nSPS) is 11.8. The summed E-state index contributed by atoms with van der Waals surface area (Å²) in [5.74, 6) is 0.958. The molecular formula is C25H24ClF3N4O3. The van der Waals surface area contributed by atoms with Crippen molar-refractivity contribution >= 4 is 22.8 Å².